The molecule has 0 saturated carbocycles. The maximum absolute atomic E-state index is 13.2. The third-order valence-electron chi connectivity index (χ3n) is 5.87. The summed E-state index contributed by atoms with van der Waals surface area (Å²) in [7, 11) is 0. The van der Waals surface area contributed by atoms with E-state index >= 15 is 0 Å². The Morgan fingerprint density at radius 1 is 1.03 bits per heavy atom. The van der Waals surface area contributed by atoms with Crippen LogP contribution >= 0.6 is 27.5 Å². The Morgan fingerprint density at radius 2 is 1.78 bits per heavy atom. The minimum absolute atomic E-state index is 0.169. The number of aliphatic imine (C=N–C) groups is 1. The molecule has 0 aliphatic carbocycles. The summed E-state index contributed by atoms with van der Waals surface area (Å²) < 4.78 is 0.923. The summed E-state index contributed by atoms with van der Waals surface area (Å²) in [4.78, 5) is 38.4. The summed E-state index contributed by atoms with van der Waals surface area (Å²) in [6.45, 7) is 0. The minimum Gasteiger partial charge on any atom is -0.326 e. The summed E-state index contributed by atoms with van der Waals surface area (Å²) in [5.74, 6) is -0.374. The van der Waals surface area contributed by atoms with Crippen LogP contribution in [0.4, 0.5) is 11.4 Å². The van der Waals surface area contributed by atoms with Gasteiger partial charge in [-0.2, -0.15) is 0 Å². The van der Waals surface area contributed by atoms with Gasteiger partial charge in [-0.3, -0.25) is 14.6 Å². The molecular weight excluding hydrogens is 554 g/mol. The van der Waals surface area contributed by atoms with E-state index in [4.69, 9.17) is 16.6 Å². The largest absolute Gasteiger partial charge is 0.326 e. The first-order valence-electron chi connectivity index (χ1n) is 11.5. The molecule has 4 aromatic rings. The molecule has 9 heteroatoms. The standard InChI is InChI=1S/C28H21BrClN5O2/c29-23-4-2-1-3-19(23)12-25-28(37)35-24-13-20(30)7-10-22(24)27(34-25)18-5-8-21(9-6-18)33-26(36)11-17-14-31-16-32-15-17/h1-10,13-16,25H,11-12H2,(H,33,36)(H,35,37). The smallest absolute Gasteiger partial charge is 0.249 e. The molecule has 1 aliphatic heterocycles. The van der Waals surface area contributed by atoms with Gasteiger partial charge >= 0.3 is 0 Å². The first-order chi connectivity index (χ1) is 18.0. The van der Waals surface area contributed by atoms with Crippen molar-refractivity contribution in [1.29, 1.82) is 0 Å². The van der Waals surface area contributed by atoms with Crippen molar-refractivity contribution in [3.05, 3.63) is 117 Å². The predicted octanol–water partition coefficient (Wildman–Crippen LogP) is 5.47. The fourth-order valence-electron chi connectivity index (χ4n) is 4.09. The number of benzene rings is 3. The third-order valence-corrected chi connectivity index (χ3v) is 6.88. The molecule has 0 bridgehead atoms. The highest BCUT2D eigenvalue weighted by atomic mass is 79.9. The first-order valence-corrected chi connectivity index (χ1v) is 12.7. The number of hydrogen-bond donors (Lipinski definition) is 2. The maximum atomic E-state index is 13.2. The molecule has 2 N–H and O–H groups in total. The van der Waals surface area contributed by atoms with Gasteiger partial charge < -0.3 is 10.6 Å². The number of halogens is 2. The van der Waals surface area contributed by atoms with Crippen LogP contribution in [0.15, 0.2) is 94.9 Å². The van der Waals surface area contributed by atoms with Crippen molar-refractivity contribution in [2.75, 3.05) is 10.6 Å². The highest BCUT2D eigenvalue weighted by Gasteiger charge is 2.27. The second kappa shape index (κ2) is 11.0. The molecule has 1 aliphatic rings. The van der Waals surface area contributed by atoms with Crippen LogP contribution in [0.5, 0.6) is 0 Å². The molecule has 1 atom stereocenters. The molecule has 5 rings (SSSR count). The Kier molecular flexibility index (Phi) is 7.39. The molecule has 184 valence electrons. The average molecular weight is 575 g/mol. The van der Waals surface area contributed by atoms with Gasteiger partial charge in [-0.25, -0.2) is 9.97 Å². The van der Waals surface area contributed by atoms with Crippen LogP contribution in [0.25, 0.3) is 0 Å². The van der Waals surface area contributed by atoms with Gasteiger partial charge in [0.15, 0.2) is 0 Å². The second-order valence-electron chi connectivity index (χ2n) is 8.52. The van der Waals surface area contributed by atoms with E-state index in [1.54, 1.807) is 24.5 Å². The van der Waals surface area contributed by atoms with Crippen molar-refractivity contribution in [1.82, 2.24) is 9.97 Å². The maximum Gasteiger partial charge on any atom is 0.249 e. The Balaban J connectivity index is 1.44. The number of hydrogen-bond acceptors (Lipinski definition) is 5. The Bertz CT molecular complexity index is 1490. The second-order valence-corrected chi connectivity index (χ2v) is 9.81. The van der Waals surface area contributed by atoms with Gasteiger partial charge in [0.25, 0.3) is 0 Å². The zero-order chi connectivity index (χ0) is 25.8. The molecule has 37 heavy (non-hydrogen) atoms. The van der Waals surface area contributed by atoms with E-state index < -0.39 is 6.04 Å². The fourth-order valence-corrected chi connectivity index (χ4v) is 4.71. The quantitative estimate of drug-likeness (QED) is 0.319. The number of aromatic nitrogens is 2. The molecule has 7 nitrogen and oxygen atoms in total. The summed E-state index contributed by atoms with van der Waals surface area (Å²) in [6.07, 6.45) is 5.26. The Morgan fingerprint density at radius 3 is 2.54 bits per heavy atom. The van der Waals surface area contributed by atoms with Crippen LogP contribution in [0.1, 0.15) is 22.3 Å². The van der Waals surface area contributed by atoms with E-state index in [-0.39, 0.29) is 18.2 Å². The van der Waals surface area contributed by atoms with Crippen molar-refractivity contribution in [2.24, 2.45) is 4.99 Å². The van der Waals surface area contributed by atoms with Crippen LogP contribution in [0.2, 0.25) is 5.02 Å². The molecule has 0 spiro atoms. The Labute approximate surface area is 227 Å². The minimum atomic E-state index is -0.646. The molecule has 1 aromatic heterocycles. The van der Waals surface area contributed by atoms with Crippen molar-refractivity contribution >= 4 is 56.4 Å². The molecular formula is C28H21BrClN5O2. The Hall–Kier alpha value is -3.88. The number of nitrogens with one attached hydrogen (secondary N) is 2. The lowest BCUT2D eigenvalue weighted by Gasteiger charge is -2.13. The predicted molar refractivity (Wildman–Crippen MR) is 148 cm³/mol. The number of amides is 2. The number of fused-ring (bicyclic) bond motifs is 1. The molecule has 3 aromatic carbocycles. The number of benzodiazepines with no additional fused rings is 1. The molecule has 2 heterocycles. The average Bonchev–Trinajstić information content (AvgIpc) is 3.02. The molecule has 0 saturated heterocycles. The summed E-state index contributed by atoms with van der Waals surface area (Å²) in [5.41, 5.74) is 5.22. The lowest BCUT2D eigenvalue weighted by molar-refractivity contribution is -0.117. The molecule has 0 fully saturated rings. The van der Waals surface area contributed by atoms with Crippen LogP contribution in [-0.4, -0.2) is 33.5 Å². The van der Waals surface area contributed by atoms with Crippen LogP contribution in [0, 0.1) is 0 Å². The van der Waals surface area contributed by atoms with Crippen LogP contribution < -0.4 is 10.6 Å². The zero-order valence-corrected chi connectivity index (χ0v) is 21.8. The SMILES string of the molecule is O=C(Cc1cncnc1)Nc1ccc(C2=NC(Cc3ccccc3Br)C(=O)Nc3cc(Cl)ccc32)cc1. The van der Waals surface area contributed by atoms with Gasteiger partial charge in [-0.05, 0) is 47.5 Å². The first kappa shape index (κ1) is 24.8. The monoisotopic (exact) mass is 573 g/mol. The van der Waals surface area contributed by atoms with Gasteiger partial charge in [0, 0.05) is 45.1 Å². The van der Waals surface area contributed by atoms with Gasteiger partial charge in [-0.1, -0.05) is 57.9 Å². The van der Waals surface area contributed by atoms with E-state index in [2.05, 4.69) is 36.5 Å². The van der Waals surface area contributed by atoms with Gasteiger partial charge in [0.05, 0.1) is 17.8 Å². The fraction of sp³-hybridized carbons (Fsp3) is 0.107. The van der Waals surface area contributed by atoms with E-state index in [1.807, 2.05) is 54.6 Å². The van der Waals surface area contributed by atoms with Crippen molar-refractivity contribution in [3.8, 4) is 0 Å². The van der Waals surface area contributed by atoms with E-state index in [0.717, 1.165) is 26.7 Å². The third kappa shape index (κ3) is 5.93. The summed E-state index contributed by atoms with van der Waals surface area (Å²) >= 11 is 9.81. The van der Waals surface area contributed by atoms with Crippen molar-refractivity contribution in [3.63, 3.8) is 0 Å². The zero-order valence-electron chi connectivity index (χ0n) is 19.5. The van der Waals surface area contributed by atoms with Crippen LogP contribution in [0.3, 0.4) is 0 Å². The number of anilines is 2. The number of nitrogens with zero attached hydrogens (tertiary/aromatic N) is 3. The van der Waals surface area contributed by atoms with Gasteiger partial charge in [0.1, 0.15) is 12.4 Å². The van der Waals surface area contributed by atoms with E-state index in [9.17, 15) is 9.59 Å². The van der Waals surface area contributed by atoms with Crippen molar-refractivity contribution in [2.45, 2.75) is 18.9 Å². The summed E-state index contributed by atoms with van der Waals surface area (Å²) in [6, 6.07) is 19.9. The number of rotatable bonds is 6. The molecule has 0 radical (unpaired) electrons. The lowest BCUT2D eigenvalue weighted by atomic mass is 10.00. The van der Waals surface area contributed by atoms with Crippen molar-refractivity contribution < 1.29 is 9.59 Å². The lowest BCUT2D eigenvalue weighted by Crippen LogP contribution is -2.27. The highest BCUT2D eigenvalue weighted by molar-refractivity contribution is 9.10. The van der Waals surface area contributed by atoms with E-state index in [0.29, 0.717) is 28.5 Å². The molecule has 2 amide bonds. The van der Waals surface area contributed by atoms with Crippen LogP contribution in [-0.2, 0) is 22.4 Å². The number of carbonyl (C=O) groups is 2. The van der Waals surface area contributed by atoms with E-state index in [1.165, 1.54) is 6.33 Å². The number of carbonyl (C=O) groups excluding carboxylic acids is 2. The van der Waals surface area contributed by atoms with Gasteiger partial charge in [-0.15, -0.1) is 0 Å². The van der Waals surface area contributed by atoms with Gasteiger partial charge in [0.2, 0.25) is 11.8 Å². The molecule has 1 unspecified atom stereocenters. The normalized spacial score (nSPS) is 14.7. The topological polar surface area (TPSA) is 96.3 Å². The highest BCUT2D eigenvalue weighted by Crippen LogP contribution is 2.29. The summed E-state index contributed by atoms with van der Waals surface area (Å²) in [5, 5.41) is 6.40.